The Balaban J connectivity index is 1.45. The number of hydrogen-bond acceptors (Lipinski definition) is 7. The maximum Gasteiger partial charge on any atom is 0.264 e. The van der Waals surface area contributed by atoms with Crippen LogP contribution in [0.3, 0.4) is 0 Å². The van der Waals surface area contributed by atoms with Crippen molar-refractivity contribution < 1.29 is 0 Å². The molecule has 0 bridgehead atoms. The van der Waals surface area contributed by atoms with Crippen LogP contribution in [0.1, 0.15) is 0 Å². The number of nitrogens with zero attached hydrogens (tertiary/aromatic N) is 5. The van der Waals surface area contributed by atoms with Crippen molar-refractivity contribution in [2.75, 3.05) is 42.2 Å². The molecule has 1 N–H and O–H groups in total. The highest BCUT2D eigenvalue weighted by Crippen LogP contribution is 2.34. The normalized spacial score (nSPS) is 23.3. The predicted molar refractivity (Wildman–Crippen MR) is 90.1 cm³/mol. The summed E-state index contributed by atoms with van der Waals surface area (Å²) in [5.41, 5.74) is -0.160. The van der Waals surface area contributed by atoms with E-state index in [9.17, 15) is 4.79 Å². The van der Waals surface area contributed by atoms with E-state index in [2.05, 4.69) is 30.0 Å². The van der Waals surface area contributed by atoms with E-state index in [4.69, 9.17) is 0 Å². The summed E-state index contributed by atoms with van der Waals surface area (Å²) < 4.78 is 0. The summed E-state index contributed by atoms with van der Waals surface area (Å²) in [6, 6.07) is 5.32. The zero-order chi connectivity index (χ0) is 15.8. The number of anilines is 2. The highest BCUT2D eigenvalue weighted by Gasteiger charge is 2.40. The van der Waals surface area contributed by atoms with Crippen LogP contribution >= 0.6 is 11.8 Å². The van der Waals surface area contributed by atoms with Crippen LogP contribution in [0.15, 0.2) is 34.3 Å². The van der Waals surface area contributed by atoms with Crippen LogP contribution in [0.5, 0.6) is 0 Å². The summed E-state index contributed by atoms with van der Waals surface area (Å²) in [5.74, 6) is 3.09. The molecule has 7 nitrogen and oxygen atoms in total. The van der Waals surface area contributed by atoms with Crippen molar-refractivity contribution in [3.8, 4) is 0 Å². The maximum atomic E-state index is 11.1. The minimum Gasteiger partial charge on any atom is -0.356 e. The number of fused-ring (bicyclic) bond motifs is 1. The first-order valence-corrected chi connectivity index (χ1v) is 8.88. The fourth-order valence-electron chi connectivity index (χ4n) is 3.49. The molecule has 0 amide bonds. The molecule has 2 aliphatic rings. The van der Waals surface area contributed by atoms with Gasteiger partial charge in [-0.25, -0.2) is 15.1 Å². The molecule has 2 aromatic rings. The molecule has 0 spiro atoms. The molecule has 2 fully saturated rings. The number of rotatable bonds is 3. The number of hydrogen-bond donors (Lipinski definition) is 1. The first-order chi connectivity index (χ1) is 11.2. The molecule has 120 valence electrons. The van der Waals surface area contributed by atoms with Crippen LogP contribution in [0.4, 0.5) is 11.6 Å². The third-order valence-electron chi connectivity index (χ3n) is 4.60. The fraction of sp³-hybridized carbons (Fsp3) is 0.467. The van der Waals surface area contributed by atoms with Gasteiger partial charge in [-0.1, -0.05) is 11.8 Å². The molecule has 8 heteroatoms. The molecule has 23 heavy (non-hydrogen) atoms. The number of thioether (sulfide) groups is 1. The highest BCUT2D eigenvalue weighted by atomic mass is 32.2. The van der Waals surface area contributed by atoms with Gasteiger partial charge in [-0.3, -0.25) is 4.79 Å². The van der Waals surface area contributed by atoms with Gasteiger partial charge in [0.25, 0.3) is 5.56 Å². The van der Waals surface area contributed by atoms with E-state index < -0.39 is 0 Å². The molecule has 2 atom stereocenters. The third-order valence-corrected chi connectivity index (χ3v) is 5.16. The van der Waals surface area contributed by atoms with Crippen LogP contribution in [0.2, 0.25) is 0 Å². The lowest BCUT2D eigenvalue weighted by atomic mass is 10.0. The molecule has 2 saturated heterocycles. The Hall–Kier alpha value is -2.09. The third kappa shape index (κ3) is 2.78. The second kappa shape index (κ2) is 5.84. The second-order valence-electron chi connectivity index (χ2n) is 6.01. The lowest BCUT2D eigenvalue weighted by Gasteiger charge is -2.22. The number of nitrogens with one attached hydrogen (secondary N) is 1. The maximum absolute atomic E-state index is 11.1. The first-order valence-electron chi connectivity index (χ1n) is 7.65. The first kappa shape index (κ1) is 14.5. The standard InChI is InChI=1S/C15H18N6OS/c1-23-15-16-5-4-12(17-15)20-6-10-8-21(9-11(10)7-20)13-2-3-14(22)19-18-13/h2-5,10-11H,6-9H2,1H3,(H,19,22). The largest absolute Gasteiger partial charge is 0.356 e. The Morgan fingerprint density at radius 1 is 1.09 bits per heavy atom. The Morgan fingerprint density at radius 3 is 2.39 bits per heavy atom. The molecule has 4 rings (SSSR count). The van der Waals surface area contributed by atoms with Gasteiger partial charge in [0.1, 0.15) is 11.6 Å². The van der Waals surface area contributed by atoms with Crippen LogP contribution < -0.4 is 15.4 Å². The van der Waals surface area contributed by atoms with Crippen molar-refractivity contribution in [2.24, 2.45) is 11.8 Å². The van der Waals surface area contributed by atoms with E-state index >= 15 is 0 Å². The van der Waals surface area contributed by atoms with Crippen molar-refractivity contribution in [1.29, 1.82) is 0 Å². The van der Waals surface area contributed by atoms with E-state index in [1.54, 1.807) is 17.8 Å². The Labute approximate surface area is 138 Å². The molecule has 0 radical (unpaired) electrons. The molecule has 0 aromatic carbocycles. The molecule has 2 aromatic heterocycles. The zero-order valence-corrected chi connectivity index (χ0v) is 13.7. The second-order valence-corrected chi connectivity index (χ2v) is 6.78. The van der Waals surface area contributed by atoms with E-state index in [0.717, 1.165) is 43.0 Å². The molecule has 4 heterocycles. The van der Waals surface area contributed by atoms with Gasteiger partial charge in [-0.05, 0) is 18.4 Å². The predicted octanol–water partition coefficient (Wildman–Crippen LogP) is 0.854. The highest BCUT2D eigenvalue weighted by molar-refractivity contribution is 7.98. The molecule has 2 unspecified atom stereocenters. The van der Waals surface area contributed by atoms with E-state index in [1.165, 1.54) is 6.07 Å². The summed E-state index contributed by atoms with van der Waals surface area (Å²) in [6.45, 7) is 3.96. The summed E-state index contributed by atoms with van der Waals surface area (Å²) in [7, 11) is 0. The fourth-order valence-corrected chi connectivity index (χ4v) is 3.84. The quantitative estimate of drug-likeness (QED) is 0.660. The monoisotopic (exact) mass is 330 g/mol. The number of aromatic amines is 1. The van der Waals surface area contributed by atoms with Gasteiger partial charge in [0, 0.05) is 50.3 Å². The average Bonchev–Trinajstić information content (AvgIpc) is 3.14. The Kier molecular flexibility index (Phi) is 3.68. The van der Waals surface area contributed by atoms with E-state index in [1.807, 2.05) is 18.5 Å². The SMILES string of the molecule is CSc1nccc(N2CC3CN(c4ccc(=O)[nH]n4)CC3C2)n1. The lowest BCUT2D eigenvalue weighted by molar-refractivity contribution is 0.533. The van der Waals surface area contributed by atoms with Crippen molar-refractivity contribution >= 4 is 23.4 Å². The van der Waals surface area contributed by atoms with Crippen molar-refractivity contribution in [1.82, 2.24) is 20.2 Å². The smallest absolute Gasteiger partial charge is 0.264 e. The number of H-pyrrole nitrogens is 1. The topological polar surface area (TPSA) is 78.0 Å². The van der Waals surface area contributed by atoms with Gasteiger partial charge >= 0.3 is 0 Å². The van der Waals surface area contributed by atoms with Crippen molar-refractivity contribution in [3.05, 3.63) is 34.7 Å². The van der Waals surface area contributed by atoms with E-state index in [-0.39, 0.29) is 5.56 Å². The molecule has 0 saturated carbocycles. The molecular formula is C15H18N6OS. The average molecular weight is 330 g/mol. The summed E-state index contributed by atoms with van der Waals surface area (Å²) in [4.78, 5) is 24.6. The minimum atomic E-state index is -0.160. The summed E-state index contributed by atoms with van der Waals surface area (Å²) >= 11 is 1.57. The van der Waals surface area contributed by atoms with Gasteiger partial charge in [0.05, 0.1) is 0 Å². The number of aromatic nitrogens is 4. The van der Waals surface area contributed by atoms with Gasteiger partial charge in [-0.15, -0.1) is 0 Å². The summed E-state index contributed by atoms with van der Waals surface area (Å²) in [6.07, 6.45) is 3.83. The van der Waals surface area contributed by atoms with Gasteiger partial charge < -0.3 is 9.80 Å². The Morgan fingerprint density at radius 2 is 1.78 bits per heavy atom. The van der Waals surface area contributed by atoms with Crippen LogP contribution in [-0.2, 0) is 0 Å². The van der Waals surface area contributed by atoms with Crippen molar-refractivity contribution in [3.63, 3.8) is 0 Å². The van der Waals surface area contributed by atoms with Gasteiger partial charge in [-0.2, -0.15) is 5.10 Å². The van der Waals surface area contributed by atoms with Gasteiger partial charge in [0.2, 0.25) is 0 Å². The zero-order valence-electron chi connectivity index (χ0n) is 12.8. The minimum absolute atomic E-state index is 0.160. The van der Waals surface area contributed by atoms with Crippen LogP contribution in [0.25, 0.3) is 0 Å². The molecule has 2 aliphatic heterocycles. The van der Waals surface area contributed by atoms with E-state index in [0.29, 0.717) is 11.8 Å². The Bertz CT molecular complexity index is 731. The van der Waals surface area contributed by atoms with Gasteiger partial charge in [0.15, 0.2) is 5.16 Å². The lowest BCUT2D eigenvalue weighted by Crippen LogP contribution is -2.30. The summed E-state index contributed by atoms with van der Waals surface area (Å²) in [5, 5.41) is 7.47. The van der Waals surface area contributed by atoms with Crippen LogP contribution in [-0.4, -0.2) is 52.6 Å². The van der Waals surface area contributed by atoms with Crippen LogP contribution in [0, 0.1) is 11.8 Å². The molecular weight excluding hydrogens is 312 g/mol. The molecule has 0 aliphatic carbocycles. The van der Waals surface area contributed by atoms with Crippen molar-refractivity contribution in [2.45, 2.75) is 5.16 Å².